The predicted octanol–water partition coefficient (Wildman–Crippen LogP) is 2.18. The van der Waals surface area contributed by atoms with Crippen LogP contribution in [0.4, 0.5) is 0 Å². The van der Waals surface area contributed by atoms with Crippen LogP contribution in [0.3, 0.4) is 0 Å². The molecule has 0 aromatic heterocycles. The van der Waals surface area contributed by atoms with E-state index in [-0.39, 0.29) is 11.2 Å². The van der Waals surface area contributed by atoms with Crippen LogP contribution in [0.25, 0.3) is 0 Å². The Bertz CT molecular complexity index is 393. The number of rotatable bonds is 4. The molecule has 2 N–H and O–H groups in total. The molecule has 0 bridgehead atoms. The van der Waals surface area contributed by atoms with Crippen molar-refractivity contribution >= 4 is 5.78 Å². The van der Waals surface area contributed by atoms with Crippen LogP contribution >= 0.6 is 0 Å². The normalized spacial score (nSPS) is 13.2. The molecular formula is C14H21NO2. The third-order valence-corrected chi connectivity index (χ3v) is 2.79. The van der Waals surface area contributed by atoms with Gasteiger partial charge in [0.15, 0.2) is 5.78 Å². The molecule has 94 valence electrons. The summed E-state index contributed by atoms with van der Waals surface area (Å²) < 4.78 is 5.12. The van der Waals surface area contributed by atoms with Crippen LogP contribution < -0.4 is 10.5 Å². The van der Waals surface area contributed by atoms with Gasteiger partial charge < -0.3 is 10.5 Å². The molecule has 3 heteroatoms. The summed E-state index contributed by atoms with van der Waals surface area (Å²) in [5, 5.41) is 0. The quantitative estimate of drug-likeness (QED) is 0.870. The highest BCUT2D eigenvalue weighted by molar-refractivity contribution is 5.86. The van der Waals surface area contributed by atoms with Gasteiger partial charge in [0.1, 0.15) is 5.75 Å². The van der Waals surface area contributed by atoms with Crippen LogP contribution in [0.2, 0.25) is 0 Å². The zero-order chi connectivity index (χ0) is 13.1. The van der Waals surface area contributed by atoms with Crippen LogP contribution in [0.5, 0.6) is 5.75 Å². The van der Waals surface area contributed by atoms with E-state index in [0.717, 1.165) is 11.3 Å². The van der Waals surface area contributed by atoms with Crippen molar-refractivity contribution in [2.45, 2.75) is 33.2 Å². The van der Waals surface area contributed by atoms with E-state index in [1.807, 2.05) is 45.0 Å². The summed E-state index contributed by atoms with van der Waals surface area (Å²) in [4.78, 5) is 12.0. The maximum atomic E-state index is 12.0. The fourth-order valence-electron chi connectivity index (χ4n) is 1.58. The number of nitrogens with two attached hydrogens (primary N) is 1. The van der Waals surface area contributed by atoms with E-state index >= 15 is 0 Å². The van der Waals surface area contributed by atoms with Crippen molar-refractivity contribution in [3.05, 3.63) is 29.8 Å². The lowest BCUT2D eigenvalue weighted by molar-refractivity contribution is -0.121. The number of carbonyl (C=O) groups excluding carboxylic acids is 1. The lowest BCUT2D eigenvalue weighted by Crippen LogP contribution is -2.43. The minimum atomic E-state index is -0.436. The highest BCUT2D eigenvalue weighted by Crippen LogP contribution is 2.20. The minimum absolute atomic E-state index is 0.0609. The van der Waals surface area contributed by atoms with Crippen LogP contribution in [-0.4, -0.2) is 18.9 Å². The zero-order valence-corrected chi connectivity index (χ0v) is 11.0. The van der Waals surface area contributed by atoms with Gasteiger partial charge in [-0.2, -0.15) is 0 Å². The topological polar surface area (TPSA) is 52.3 Å². The maximum Gasteiger partial charge on any atom is 0.154 e. The molecule has 0 saturated heterocycles. The van der Waals surface area contributed by atoms with Gasteiger partial charge in [-0.05, 0) is 23.1 Å². The molecule has 0 fully saturated rings. The van der Waals surface area contributed by atoms with Crippen LogP contribution in [-0.2, 0) is 11.2 Å². The first kappa shape index (κ1) is 13.7. The second-order valence-electron chi connectivity index (χ2n) is 5.34. The Hall–Kier alpha value is -1.35. The van der Waals surface area contributed by atoms with Gasteiger partial charge in [0.05, 0.1) is 13.2 Å². The lowest BCUT2D eigenvalue weighted by atomic mass is 9.83. The molecule has 1 unspecified atom stereocenters. The van der Waals surface area contributed by atoms with Gasteiger partial charge in [-0.15, -0.1) is 0 Å². The van der Waals surface area contributed by atoms with Gasteiger partial charge in [0.2, 0.25) is 0 Å². The standard InChI is InChI=1S/C14H21NO2/c1-14(2,3)13(15)12(16)9-10-6-5-7-11(8-10)17-4/h5-8,13H,9,15H2,1-4H3. The minimum Gasteiger partial charge on any atom is -0.497 e. The Balaban J connectivity index is 2.74. The molecule has 0 spiro atoms. The first-order valence-electron chi connectivity index (χ1n) is 5.76. The van der Waals surface area contributed by atoms with Gasteiger partial charge in [-0.3, -0.25) is 4.79 Å². The summed E-state index contributed by atoms with van der Waals surface area (Å²) in [5.74, 6) is 0.824. The molecule has 1 aromatic carbocycles. The first-order valence-corrected chi connectivity index (χ1v) is 5.76. The molecule has 0 aliphatic heterocycles. The van der Waals surface area contributed by atoms with Crippen molar-refractivity contribution < 1.29 is 9.53 Å². The summed E-state index contributed by atoms with van der Waals surface area (Å²) in [7, 11) is 1.61. The number of hydrogen-bond acceptors (Lipinski definition) is 3. The van der Waals surface area contributed by atoms with E-state index in [0.29, 0.717) is 6.42 Å². The number of methoxy groups -OCH3 is 1. The van der Waals surface area contributed by atoms with Crippen molar-refractivity contribution in [1.82, 2.24) is 0 Å². The van der Waals surface area contributed by atoms with Gasteiger partial charge >= 0.3 is 0 Å². The average Bonchev–Trinajstić information content (AvgIpc) is 2.27. The number of ether oxygens (including phenoxy) is 1. The smallest absolute Gasteiger partial charge is 0.154 e. The second-order valence-corrected chi connectivity index (χ2v) is 5.34. The van der Waals surface area contributed by atoms with E-state index in [4.69, 9.17) is 10.5 Å². The van der Waals surface area contributed by atoms with Crippen molar-refractivity contribution in [3.8, 4) is 5.75 Å². The number of benzene rings is 1. The molecule has 0 saturated carbocycles. The highest BCUT2D eigenvalue weighted by atomic mass is 16.5. The molecule has 1 aromatic rings. The number of ketones is 1. The predicted molar refractivity (Wildman–Crippen MR) is 69.1 cm³/mol. The van der Waals surface area contributed by atoms with Crippen molar-refractivity contribution in [2.24, 2.45) is 11.1 Å². The van der Waals surface area contributed by atoms with Crippen molar-refractivity contribution in [1.29, 1.82) is 0 Å². The summed E-state index contributed by atoms with van der Waals surface area (Å²) in [6.45, 7) is 5.92. The zero-order valence-electron chi connectivity index (χ0n) is 11.0. The molecular weight excluding hydrogens is 214 g/mol. The summed E-state index contributed by atoms with van der Waals surface area (Å²) >= 11 is 0. The number of hydrogen-bond donors (Lipinski definition) is 1. The summed E-state index contributed by atoms with van der Waals surface area (Å²) in [5.41, 5.74) is 6.67. The van der Waals surface area contributed by atoms with Gasteiger partial charge in [-0.1, -0.05) is 32.9 Å². The Morgan fingerprint density at radius 2 is 2.06 bits per heavy atom. The lowest BCUT2D eigenvalue weighted by Gasteiger charge is -2.25. The Morgan fingerprint density at radius 1 is 1.41 bits per heavy atom. The Kier molecular flexibility index (Phi) is 4.29. The van der Waals surface area contributed by atoms with Crippen LogP contribution in [0, 0.1) is 5.41 Å². The molecule has 0 radical (unpaired) electrons. The molecule has 17 heavy (non-hydrogen) atoms. The Morgan fingerprint density at radius 3 is 2.59 bits per heavy atom. The number of carbonyl (C=O) groups is 1. The maximum absolute atomic E-state index is 12.0. The summed E-state index contributed by atoms with van der Waals surface area (Å²) in [6.07, 6.45) is 0.357. The summed E-state index contributed by atoms with van der Waals surface area (Å²) in [6, 6.07) is 7.08. The molecule has 0 amide bonds. The van der Waals surface area contributed by atoms with Gasteiger partial charge in [-0.25, -0.2) is 0 Å². The largest absolute Gasteiger partial charge is 0.497 e. The second kappa shape index (κ2) is 5.32. The van der Waals surface area contributed by atoms with Gasteiger partial charge in [0.25, 0.3) is 0 Å². The third kappa shape index (κ3) is 3.86. The fraction of sp³-hybridized carbons (Fsp3) is 0.500. The molecule has 0 aliphatic carbocycles. The van der Waals surface area contributed by atoms with E-state index in [1.54, 1.807) is 7.11 Å². The van der Waals surface area contributed by atoms with E-state index in [2.05, 4.69) is 0 Å². The molecule has 1 rings (SSSR count). The van der Waals surface area contributed by atoms with Gasteiger partial charge in [0, 0.05) is 6.42 Å². The molecule has 0 aliphatic rings. The van der Waals surface area contributed by atoms with Crippen molar-refractivity contribution in [2.75, 3.05) is 7.11 Å². The van der Waals surface area contributed by atoms with Crippen molar-refractivity contribution in [3.63, 3.8) is 0 Å². The average molecular weight is 235 g/mol. The SMILES string of the molecule is COc1cccc(CC(=O)C(N)C(C)(C)C)c1. The Labute approximate surface area is 103 Å². The first-order chi connectivity index (χ1) is 7.84. The van der Waals surface area contributed by atoms with Crippen LogP contribution in [0.1, 0.15) is 26.3 Å². The monoisotopic (exact) mass is 235 g/mol. The highest BCUT2D eigenvalue weighted by Gasteiger charge is 2.27. The molecule has 0 heterocycles. The van der Waals surface area contributed by atoms with E-state index in [1.165, 1.54) is 0 Å². The molecule has 3 nitrogen and oxygen atoms in total. The van der Waals surface area contributed by atoms with E-state index < -0.39 is 6.04 Å². The number of Topliss-reactive ketones (excluding diaryl/α,β-unsaturated/α-hetero) is 1. The fourth-order valence-corrected chi connectivity index (χ4v) is 1.58. The van der Waals surface area contributed by atoms with E-state index in [9.17, 15) is 4.79 Å². The van der Waals surface area contributed by atoms with Crippen LogP contribution in [0.15, 0.2) is 24.3 Å². The molecule has 1 atom stereocenters. The third-order valence-electron chi connectivity index (χ3n) is 2.79.